The van der Waals surface area contributed by atoms with Gasteiger partial charge in [0.2, 0.25) is 5.91 Å². The van der Waals surface area contributed by atoms with Crippen LogP contribution in [0.5, 0.6) is 0 Å². The van der Waals surface area contributed by atoms with E-state index in [1.165, 1.54) is 0 Å². The molecule has 25 heavy (non-hydrogen) atoms. The number of piperazine rings is 1. The summed E-state index contributed by atoms with van der Waals surface area (Å²) in [4.78, 5) is 16.4. The van der Waals surface area contributed by atoms with Gasteiger partial charge in [-0.15, -0.1) is 11.7 Å². The first-order chi connectivity index (χ1) is 12.2. The maximum atomic E-state index is 11.7. The summed E-state index contributed by atoms with van der Waals surface area (Å²) in [6.45, 7) is 8.36. The average molecular weight is 363 g/mol. The lowest BCUT2D eigenvalue weighted by atomic mass is 10.3. The normalized spacial score (nSPS) is 16.0. The summed E-state index contributed by atoms with van der Waals surface area (Å²) in [7, 11) is 0. The molecule has 2 aromatic heterocycles. The molecule has 1 aliphatic heterocycles. The molecule has 0 radical (unpaired) electrons. The molecule has 1 aliphatic rings. The van der Waals surface area contributed by atoms with Gasteiger partial charge in [-0.25, -0.2) is 4.68 Å². The van der Waals surface area contributed by atoms with E-state index in [1.807, 2.05) is 0 Å². The lowest BCUT2D eigenvalue weighted by Crippen LogP contribution is -2.49. The molecule has 3 heterocycles. The van der Waals surface area contributed by atoms with Gasteiger partial charge < -0.3 is 14.2 Å². The van der Waals surface area contributed by atoms with Crippen molar-refractivity contribution in [3.8, 4) is 11.7 Å². The third-order valence-electron chi connectivity index (χ3n) is 3.95. The van der Waals surface area contributed by atoms with Crippen LogP contribution in [0.2, 0.25) is 0 Å². The van der Waals surface area contributed by atoms with Crippen LogP contribution in [0.15, 0.2) is 39.9 Å². The van der Waals surface area contributed by atoms with Crippen LogP contribution in [-0.2, 0) is 11.5 Å². The van der Waals surface area contributed by atoms with Crippen LogP contribution >= 0.6 is 12.2 Å². The van der Waals surface area contributed by atoms with E-state index in [9.17, 15) is 4.79 Å². The van der Waals surface area contributed by atoms with Gasteiger partial charge in [-0.2, -0.15) is 0 Å². The van der Waals surface area contributed by atoms with Crippen molar-refractivity contribution in [2.45, 2.75) is 6.67 Å². The van der Waals surface area contributed by atoms with Gasteiger partial charge in [0.05, 0.1) is 19.5 Å². The predicted molar refractivity (Wildman–Crippen MR) is 94.2 cm³/mol. The first kappa shape index (κ1) is 17.6. The van der Waals surface area contributed by atoms with Crippen LogP contribution in [0.4, 0.5) is 0 Å². The maximum Gasteiger partial charge on any atom is 0.288 e. The Morgan fingerprint density at radius 3 is 2.80 bits per heavy atom. The zero-order chi connectivity index (χ0) is 17.6. The second kappa shape index (κ2) is 8.24. The number of hydrogen-bond donors (Lipinski definition) is 1. The Labute approximate surface area is 150 Å². The molecule has 0 unspecified atom stereocenters. The van der Waals surface area contributed by atoms with Gasteiger partial charge in [0.25, 0.3) is 10.7 Å². The third-order valence-corrected chi connectivity index (χ3v) is 4.24. The smallest absolute Gasteiger partial charge is 0.288 e. The summed E-state index contributed by atoms with van der Waals surface area (Å²) in [6.07, 6.45) is 3.24. The molecule has 2 aromatic rings. The highest BCUT2D eigenvalue weighted by Gasteiger charge is 2.20. The van der Waals surface area contributed by atoms with E-state index < -0.39 is 0 Å². The topological polar surface area (TPSA) is 79.7 Å². The molecule has 1 fully saturated rings. The molecule has 0 aromatic carbocycles. The lowest BCUT2D eigenvalue weighted by molar-refractivity contribution is -0.122. The number of nitrogens with one attached hydrogen (secondary N) is 1. The van der Waals surface area contributed by atoms with E-state index in [0.29, 0.717) is 36.2 Å². The maximum absolute atomic E-state index is 11.7. The number of furan rings is 1. The second-order valence-electron chi connectivity index (χ2n) is 5.78. The van der Waals surface area contributed by atoms with Gasteiger partial charge in [0, 0.05) is 32.7 Å². The van der Waals surface area contributed by atoms with Crippen LogP contribution < -0.4 is 5.32 Å². The molecular weight excluding hydrogens is 342 g/mol. The number of aromatic nitrogens is 2. The minimum Gasteiger partial charge on any atom is -0.459 e. The highest BCUT2D eigenvalue weighted by Crippen LogP contribution is 2.18. The predicted octanol–water partition coefficient (Wildman–Crippen LogP) is 1.34. The fourth-order valence-corrected chi connectivity index (χ4v) is 2.80. The van der Waals surface area contributed by atoms with Crippen molar-refractivity contribution < 1.29 is 13.6 Å². The zero-order valence-corrected chi connectivity index (χ0v) is 14.7. The Kier molecular flexibility index (Phi) is 5.79. The molecule has 9 heteroatoms. The van der Waals surface area contributed by atoms with Crippen molar-refractivity contribution in [2.24, 2.45) is 0 Å². The van der Waals surface area contributed by atoms with Crippen molar-refractivity contribution in [3.63, 3.8) is 0 Å². The first-order valence-corrected chi connectivity index (χ1v) is 8.50. The monoisotopic (exact) mass is 363 g/mol. The summed E-state index contributed by atoms with van der Waals surface area (Å²) in [5.74, 6) is 0.961. The third kappa shape index (κ3) is 4.65. The SMILES string of the molecule is C=CCNC(=O)CN1CCN(Cn2nc(-c3ccco3)oc2=S)CC1. The van der Waals surface area contributed by atoms with E-state index in [1.54, 1.807) is 29.2 Å². The standard InChI is InChI=1S/C16H21N5O3S/c1-2-5-17-14(22)11-19-6-8-20(9-7-19)12-21-16(25)24-15(18-21)13-4-3-10-23-13/h2-4,10H,1,5-9,11-12H2,(H,17,22). The van der Waals surface area contributed by atoms with Crippen molar-refractivity contribution in [2.75, 3.05) is 39.3 Å². The van der Waals surface area contributed by atoms with Crippen LogP contribution in [0, 0.1) is 4.84 Å². The number of carbonyl (C=O) groups is 1. The second-order valence-corrected chi connectivity index (χ2v) is 6.13. The number of hydrogen-bond acceptors (Lipinski definition) is 7. The largest absolute Gasteiger partial charge is 0.459 e. The van der Waals surface area contributed by atoms with Crippen LogP contribution in [0.25, 0.3) is 11.7 Å². The summed E-state index contributed by atoms with van der Waals surface area (Å²) in [5.41, 5.74) is 0. The van der Waals surface area contributed by atoms with E-state index in [-0.39, 0.29) is 5.91 Å². The molecule has 0 saturated carbocycles. The van der Waals surface area contributed by atoms with E-state index in [0.717, 1.165) is 26.2 Å². The number of nitrogens with zero attached hydrogens (tertiary/aromatic N) is 4. The fourth-order valence-electron chi connectivity index (χ4n) is 2.62. The van der Waals surface area contributed by atoms with Crippen LogP contribution in [0.1, 0.15) is 0 Å². The Bertz CT molecular complexity index is 759. The number of rotatable bonds is 7. The van der Waals surface area contributed by atoms with Crippen LogP contribution in [-0.4, -0.2) is 64.8 Å². The lowest BCUT2D eigenvalue weighted by Gasteiger charge is -2.33. The first-order valence-electron chi connectivity index (χ1n) is 8.10. The molecule has 0 bridgehead atoms. The van der Waals surface area contributed by atoms with E-state index in [2.05, 4.69) is 26.8 Å². The molecule has 134 valence electrons. The average Bonchev–Trinajstić information content (AvgIpc) is 3.25. The van der Waals surface area contributed by atoms with Crippen molar-refractivity contribution in [1.29, 1.82) is 0 Å². The van der Waals surface area contributed by atoms with Crippen LogP contribution in [0.3, 0.4) is 0 Å². The van der Waals surface area contributed by atoms with Crippen molar-refractivity contribution in [1.82, 2.24) is 24.9 Å². The summed E-state index contributed by atoms with van der Waals surface area (Å²) >= 11 is 5.23. The Morgan fingerprint density at radius 2 is 2.12 bits per heavy atom. The molecule has 0 spiro atoms. The Morgan fingerprint density at radius 1 is 1.36 bits per heavy atom. The Hall–Kier alpha value is -2.23. The molecule has 0 atom stereocenters. The molecule has 8 nitrogen and oxygen atoms in total. The van der Waals surface area contributed by atoms with E-state index >= 15 is 0 Å². The minimum atomic E-state index is 0.0233. The zero-order valence-electron chi connectivity index (χ0n) is 13.9. The van der Waals surface area contributed by atoms with Gasteiger partial charge >= 0.3 is 0 Å². The summed E-state index contributed by atoms with van der Waals surface area (Å²) in [5, 5.41) is 7.16. The minimum absolute atomic E-state index is 0.0233. The highest BCUT2D eigenvalue weighted by molar-refractivity contribution is 7.71. The van der Waals surface area contributed by atoms with E-state index in [4.69, 9.17) is 21.1 Å². The number of carbonyl (C=O) groups excluding carboxylic acids is 1. The molecule has 1 amide bonds. The summed E-state index contributed by atoms with van der Waals surface area (Å²) < 4.78 is 12.4. The van der Waals surface area contributed by atoms with Gasteiger partial charge in [-0.3, -0.25) is 14.6 Å². The van der Waals surface area contributed by atoms with Gasteiger partial charge in [-0.05, 0) is 24.4 Å². The molecule has 1 N–H and O–H groups in total. The van der Waals surface area contributed by atoms with Gasteiger partial charge in [0.15, 0.2) is 5.76 Å². The van der Waals surface area contributed by atoms with Crippen molar-refractivity contribution in [3.05, 3.63) is 35.9 Å². The number of amides is 1. The van der Waals surface area contributed by atoms with Gasteiger partial charge in [-0.1, -0.05) is 6.08 Å². The quantitative estimate of drug-likeness (QED) is 0.587. The molecule has 1 saturated heterocycles. The summed E-state index contributed by atoms with van der Waals surface area (Å²) in [6, 6.07) is 3.55. The molecule has 0 aliphatic carbocycles. The highest BCUT2D eigenvalue weighted by atomic mass is 32.1. The molecular formula is C16H21N5O3S. The van der Waals surface area contributed by atoms with Crippen molar-refractivity contribution >= 4 is 18.1 Å². The Balaban J connectivity index is 1.50. The van der Waals surface area contributed by atoms with Gasteiger partial charge in [0.1, 0.15) is 0 Å². The fraction of sp³-hybridized carbons (Fsp3) is 0.438. The molecule has 3 rings (SSSR count).